The Bertz CT molecular complexity index is 738. The number of nitrogens with zero attached hydrogens (tertiary/aromatic N) is 1. The molecular weight excluding hydrogens is 304 g/mol. The molecule has 0 saturated heterocycles. The van der Waals surface area contributed by atoms with E-state index < -0.39 is 24.8 Å². The maximum Gasteiger partial charge on any atom is 0.239 e. The van der Waals surface area contributed by atoms with Gasteiger partial charge in [0.1, 0.15) is 4.90 Å². The Balaban J connectivity index is 3.64. The minimum absolute atomic E-state index is 0.247. The van der Waals surface area contributed by atoms with Crippen LogP contribution >= 0.6 is 0 Å². The highest BCUT2D eigenvalue weighted by molar-refractivity contribution is 7.93. The third kappa shape index (κ3) is 3.35. The molecule has 1 aromatic rings. The fraction of sp³-hybridized carbons (Fsp3) is 0.364. The molecule has 1 aromatic carbocycles. The maximum absolute atomic E-state index is 11.9. The number of nitrogens with two attached hydrogens (primary N) is 1. The van der Waals surface area contributed by atoms with Crippen LogP contribution in [0.5, 0.6) is 0 Å². The molecular formula is C11H16N2O5S2. The Labute approximate surface area is 118 Å². The van der Waals surface area contributed by atoms with E-state index in [1.165, 1.54) is 31.9 Å². The molecule has 0 radical (unpaired) electrons. The number of carbonyl (C=O) groups excluding carboxylic acids is 1. The smallest absolute Gasteiger partial charge is 0.239 e. The average molecular weight is 320 g/mol. The monoisotopic (exact) mass is 320 g/mol. The van der Waals surface area contributed by atoms with Crippen LogP contribution in [-0.2, 0) is 24.7 Å². The molecule has 0 aliphatic carbocycles. The first-order valence-electron chi connectivity index (χ1n) is 5.64. The van der Waals surface area contributed by atoms with Crippen LogP contribution < -0.4 is 10.0 Å². The first kappa shape index (κ1) is 16.6. The van der Waals surface area contributed by atoms with Gasteiger partial charge >= 0.3 is 0 Å². The summed E-state index contributed by atoms with van der Waals surface area (Å²) < 4.78 is 46.9. The molecule has 0 aromatic heterocycles. The number of primary sulfonamides is 1. The van der Waals surface area contributed by atoms with Crippen molar-refractivity contribution in [1.29, 1.82) is 0 Å². The lowest BCUT2D eigenvalue weighted by atomic mass is 10.3. The maximum atomic E-state index is 11.9. The average Bonchev–Trinajstić information content (AvgIpc) is 2.36. The summed E-state index contributed by atoms with van der Waals surface area (Å²) in [6.07, 6.45) is 0. The van der Waals surface area contributed by atoms with E-state index in [1.54, 1.807) is 0 Å². The number of hydrogen-bond donors (Lipinski definition) is 1. The molecule has 7 nitrogen and oxygen atoms in total. The highest BCUT2D eigenvalue weighted by Crippen LogP contribution is 2.26. The van der Waals surface area contributed by atoms with Crippen molar-refractivity contribution in [2.45, 2.75) is 23.6 Å². The summed E-state index contributed by atoms with van der Waals surface area (Å²) in [7, 11) is -6.52. The molecule has 9 heteroatoms. The first-order chi connectivity index (χ1) is 9.00. The molecule has 0 unspecified atom stereocenters. The van der Waals surface area contributed by atoms with Gasteiger partial charge in [-0.25, -0.2) is 22.0 Å². The van der Waals surface area contributed by atoms with Crippen molar-refractivity contribution in [3.8, 4) is 0 Å². The summed E-state index contributed by atoms with van der Waals surface area (Å²) in [6, 6.07) is 3.59. The van der Waals surface area contributed by atoms with Crippen LogP contribution in [0.2, 0.25) is 0 Å². The molecule has 0 aliphatic rings. The fourth-order valence-electron chi connectivity index (χ4n) is 1.52. The third-order valence-electron chi connectivity index (χ3n) is 2.81. The van der Waals surface area contributed by atoms with Crippen molar-refractivity contribution < 1.29 is 21.6 Å². The van der Waals surface area contributed by atoms with Crippen LogP contribution in [0.1, 0.15) is 13.8 Å². The molecule has 112 valence electrons. The number of sulfone groups is 1. The molecule has 0 fully saturated rings. The van der Waals surface area contributed by atoms with Gasteiger partial charge in [-0.3, -0.25) is 4.79 Å². The lowest BCUT2D eigenvalue weighted by Crippen LogP contribution is -2.24. The van der Waals surface area contributed by atoms with Crippen LogP contribution in [0, 0.1) is 0 Å². The summed E-state index contributed by atoms with van der Waals surface area (Å²) in [6.45, 7) is 2.70. The van der Waals surface area contributed by atoms with E-state index in [0.717, 1.165) is 12.1 Å². The summed E-state index contributed by atoms with van der Waals surface area (Å²) in [4.78, 5) is 11.6. The first-order valence-corrected chi connectivity index (χ1v) is 8.84. The van der Waals surface area contributed by atoms with Crippen LogP contribution in [-0.4, -0.2) is 35.5 Å². The Kier molecular flexibility index (Phi) is 4.57. The highest BCUT2D eigenvalue weighted by atomic mass is 32.2. The quantitative estimate of drug-likeness (QED) is 0.845. The standard InChI is InChI=1S/C11H16N2O5S2/c1-4-19(15,16)10-6-5-9(13(3)8(2)14)7-11(10)20(12,17)18/h5-7H,4H2,1-3H3,(H2,12,17,18). The van der Waals surface area contributed by atoms with Crippen molar-refractivity contribution >= 4 is 31.5 Å². The number of amides is 1. The SMILES string of the molecule is CCS(=O)(=O)c1ccc(N(C)C(C)=O)cc1S(N)(=O)=O. The molecule has 2 N–H and O–H groups in total. The Morgan fingerprint density at radius 1 is 1.20 bits per heavy atom. The highest BCUT2D eigenvalue weighted by Gasteiger charge is 2.24. The van der Waals surface area contributed by atoms with Crippen molar-refractivity contribution in [2.24, 2.45) is 5.14 Å². The van der Waals surface area contributed by atoms with E-state index >= 15 is 0 Å². The minimum atomic E-state index is -4.23. The zero-order valence-corrected chi connectivity index (χ0v) is 13.0. The lowest BCUT2D eigenvalue weighted by molar-refractivity contribution is -0.116. The van der Waals surface area contributed by atoms with E-state index in [4.69, 9.17) is 5.14 Å². The van der Waals surface area contributed by atoms with Crippen molar-refractivity contribution in [2.75, 3.05) is 17.7 Å². The number of sulfonamides is 1. The zero-order valence-electron chi connectivity index (χ0n) is 11.3. The Morgan fingerprint density at radius 2 is 1.75 bits per heavy atom. The van der Waals surface area contributed by atoms with Crippen LogP contribution in [0.4, 0.5) is 5.69 Å². The van der Waals surface area contributed by atoms with Gasteiger partial charge in [0.05, 0.1) is 10.6 Å². The largest absolute Gasteiger partial charge is 0.316 e. The fourth-order valence-corrected chi connectivity index (χ4v) is 3.84. The van der Waals surface area contributed by atoms with Gasteiger partial charge in [0.2, 0.25) is 15.9 Å². The third-order valence-corrected chi connectivity index (χ3v) is 5.67. The van der Waals surface area contributed by atoms with Gasteiger partial charge in [-0.15, -0.1) is 0 Å². The van der Waals surface area contributed by atoms with E-state index in [2.05, 4.69) is 0 Å². The topological polar surface area (TPSA) is 115 Å². The van der Waals surface area contributed by atoms with Crippen molar-refractivity contribution in [1.82, 2.24) is 0 Å². The molecule has 20 heavy (non-hydrogen) atoms. The van der Waals surface area contributed by atoms with Gasteiger partial charge in [-0.05, 0) is 18.2 Å². The normalized spacial score (nSPS) is 12.2. The second-order valence-electron chi connectivity index (χ2n) is 4.16. The molecule has 0 spiro atoms. The molecule has 0 atom stereocenters. The van der Waals surface area contributed by atoms with Crippen molar-refractivity contribution in [3.05, 3.63) is 18.2 Å². The van der Waals surface area contributed by atoms with Gasteiger partial charge in [0.15, 0.2) is 9.84 Å². The second-order valence-corrected chi connectivity index (χ2v) is 7.93. The minimum Gasteiger partial charge on any atom is -0.316 e. The van der Waals surface area contributed by atoms with Gasteiger partial charge in [0.25, 0.3) is 0 Å². The van der Waals surface area contributed by atoms with E-state index in [-0.39, 0.29) is 22.2 Å². The summed E-state index contributed by atoms with van der Waals surface area (Å²) in [5.74, 6) is -0.575. The molecule has 0 bridgehead atoms. The van der Waals surface area contributed by atoms with Crippen LogP contribution in [0.25, 0.3) is 0 Å². The summed E-state index contributed by atoms with van der Waals surface area (Å²) in [5.41, 5.74) is 0.247. The number of benzene rings is 1. The Morgan fingerprint density at radius 3 is 2.15 bits per heavy atom. The van der Waals surface area contributed by atoms with E-state index in [1.807, 2.05) is 0 Å². The van der Waals surface area contributed by atoms with Gasteiger partial charge in [-0.2, -0.15) is 0 Å². The van der Waals surface area contributed by atoms with Gasteiger partial charge < -0.3 is 4.90 Å². The van der Waals surface area contributed by atoms with Crippen LogP contribution in [0.15, 0.2) is 28.0 Å². The number of hydrogen-bond acceptors (Lipinski definition) is 5. The number of anilines is 1. The van der Waals surface area contributed by atoms with Crippen molar-refractivity contribution in [3.63, 3.8) is 0 Å². The van der Waals surface area contributed by atoms with E-state index in [9.17, 15) is 21.6 Å². The molecule has 0 aliphatic heterocycles. The summed E-state index contributed by atoms with van der Waals surface area (Å²) >= 11 is 0. The molecule has 1 rings (SSSR count). The summed E-state index contributed by atoms with van der Waals surface area (Å²) in [5, 5.41) is 5.06. The van der Waals surface area contributed by atoms with Crippen LogP contribution in [0.3, 0.4) is 0 Å². The second kappa shape index (κ2) is 5.51. The lowest BCUT2D eigenvalue weighted by Gasteiger charge is -2.17. The predicted octanol–water partition coefficient (Wildman–Crippen LogP) is 0.110. The predicted molar refractivity (Wildman–Crippen MR) is 74.6 cm³/mol. The Hall–Kier alpha value is -1.45. The zero-order chi connectivity index (χ0) is 15.7. The number of carbonyl (C=O) groups is 1. The van der Waals surface area contributed by atoms with Gasteiger partial charge in [0, 0.05) is 19.7 Å². The van der Waals surface area contributed by atoms with E-state index in [0.29, 0.717) is 0 Å². The molecule has 0 saturated carbocycles. The number of rotatable bonds is 4. The van der Waals surface area contributed by atoms with Gasteiger partial charge in [-0.1, -0.05) is 6.92 Å². The molecule has 0 heterocycles. The molecule has 1 amide bonds.